The lowest BCUT2D eigenvalue weighted by molar-refractivity contribution is 0.0606. The molecule has 1 aliphatic rings. The fourth-order valence-electron chi connectivity index (χ4n) is 3.93. The topological polar surface area (TPSA) is 114 Å². The number of aromatic nitrogens is 4. The lowest BCUT2D eigenvalue weighted by Crippen LogP contribution is -2.52. The molecule has 0 saturated carbocycles. The quantitative estimate of drug-likeness (QED) is 0.405. The molecule has 3 aromatic heterocycles. The van der Waals surface area contributed by atoms with Gasteiger partial charge < -0.3 is 29.2 Å². The number of thiazole rings is 1. The summed E-state index contributed by atoms with van der Waals surface area (Å²) in [6.45, 7) is 3.06. The third-order valence-electron chi connectivity index (χ3n) is 5.86. The van der Waals surface area contributed by atoms with Crippen molar-refractivity contribution < 1.29 is 23.5 Å². The first-order valence-corrected chi connectivity index (χ1v) is 12.6. The average Bonchev–Trinajstić information content (AvgIpc) is 3.58. The van der Waals surface area contributed by atoms with Gasteiger partial charge in [0.15, 0.2) is 11.0 Å². The Bertz CT molecular complexity index is 1260. The first-order valence-electron chi connectivity index (χ1n) is 11.1. The number of hydrogen-bond acceptors (Lipinski definition) is 8. The highest BCUT2D eigenvalue weighted by Crippen LogP contribution is 2.35. The molecule has 0 aliphatic carbocycles. The lowest BCUT2D eigenvalue weighted by Gasteiger charge is -2.34. The Morgan fingerprint density at radius 2 is 2.11 bits per heavy atom. The van der Waals surface area contributed by atoms with Gasteiger partial charge in [-0.25, -0.2) is 19.2 Å². The van der Waals surface area contributed by atoms with Gasteiger partial charge in [-0.1, -0.05) is 34.5 Å². The van der Waals surface area contributed by atoms with Crippen LogP contribution >= 0.6 is 34.5 Å². The van der Waals surface area contributed by atoms with Crippen molar-refractivity contribution in [1.82, 2.24) is 24.8 Å². The summed E-state index contributed by atoms with van der Waals surface area (Å²) in [6, 6.07) is -0.723. The third kappa shape index (κ3) is 5.22. The predicted molar refractivity (Wildman–Crippen MR) is 135 cm³/mol. The Balaban J connectivity index is 1.51. The van der Waals surface area contributed by atoms with Gasteiger partial charge in [-0.2, -0.15) is 0 Å². The molecule has 194 valence electrons. The number of rotatable bonds is 8. The molecule has 0 radical (unpaired) electrons. The zero-order valence-electron chi connectivity index (χ0n) is 19.8. The second kappa shape index (κ2) is 11.2. The number of esters is 1. The van der Waals surface area contributed by atoms with Gasteiger partial charge in [0.05, 0.1) is 36.3 Å². The van der Waals surface area contributed by atoms with Crippen LogP contribution in [0.1, 0.15) is 32.3 Å². The molecule has 1 aliphatic heterocycles. The van der Waals surface area contributed by atoms with E-state index in [1.807, 2.05) is 4.57 Å². The maximum atomic E-state index is 15.2. The van der Waals surface area contributed by atoms with Crippen molar-refractivity contribution in [2.45, 2.75) is 32.1 Å². The second-order valence-electron chi connectivity index (χ2n) is 8.19. The van der Waals surface area contributed by atoms with Gasteiger partial charge in [0.2, 0.25) is 0 Å². The van der Waals surface area contributed by atoms with E-state index < -0.39 is 24.1 Å². The molecule has 36 heavy (non-hydrogen) atoms. The van der Waals surface area contributed by atoms with Crippen LogP contribution in [0.4, 0.5) is 9.52 Å². The number of hydrogen-bond donors (Lipinski definition) is 2. The van der Waals surface area contributed by atoms with Crippen LogP contribution in [0.15, 0.2) is 12.4 Å². The van der Waals surface area contributed by atoms with Crippen LogP contribution < -0.4 is 10.2 Å². The highest BCUT2D eigenvalue weighted by atomic mass is 35.5. The number of carbonyl (C=O) groups is 2. The summed E-state index contributed by atoms with van der Waals surface area (Å²) in [7, 11) is 2.89. The fraction of sp³-hybridized carbons (Fsp3) is 0.455. The number of H-pyrrole nitrogens is 1. The SMILES string of the molecule is COCCn1ccnc1-c1nc(N2CC[C@@H](NC(=O)c3[nH]c(C)c(Cl)c3Cl)[C@@H](F)C2)sc1C(=O)OC. The number of anilines is 1. The van der Waals surface area contributed by atoms with Gasteiger partial charge in [-0.3, -0.25) is 4.79 Å². The molecule has 4 rings (SSSR count). The van der Waals surface area contributed by atoms with Crippen molar-refractivity contribution in [3.05, 3.63) is 38.7 Å². The Kier molecular flexibility index (Phi) is 8.18. The monoisotopic (exact) mass is 558 g/mol. The van der Waals surface area contributed by atoms with E-state index in [-0.39, 0.29) is 27.2 Å². The molecule has 10 nitrogen and oxygen atoms in total. The number of carbonyl (C=O) groups excluding carboxylic acids is 2. The first kappa shape index (κ1) is 26.4. The van der Waals surface area contributed by atoms with Gasteiger partial charge >= 0.3 is 5.97 Å². The standard InChI is InChI=1S/C22H25Cl2FN6O4S/c1-11-14(23)15(24)16(27-11)20(32)28-13-4-6-31(10-12(13)25)22-29-17(18(36-22)21(33)35-3)19-26-5-7-30(19)8-9-34-2/h5,7,12-13,27H,4,6,8-10H2,1-3H3,(H,28,32)/t12-,13+/m0/s1. The highest BCUT2D eigenvalue weighted by Gasteiger charge is 2.34. The fourth-order valence-corrected chi connectivity index (χ4v) is 5.36. The number of ether oxygens (including phenoxy) is 2. The van der Waals surface area contributed by atoms with E-state index in [9.17, 15) is 9.59 Å². The number of aryl methyl sites for hydroxylation is 1. The lowest BCUT2D eigenvalue weighted by atomic mass is 10.0. The van der Waals surface area contributed by atoms with Crippen molar-refractivity contribution in [1.29, 1.82) is 0 Å². The van der Waals surface area contributed by atoms with Crippen molar-refractivity contribution in [3.8, 4) is 11.5 Å². The van der Waals surface area contributed by atoms with Crippen LogP contribution in [-0.2, 0) is 16.0 Å². The van der Waals surface area contributed by atoms with Crippen molar-refractivity contribution in [2.75, 3.05) is 38.8 Å². The Morgan fingerprint density at radius 3 is 2.75 bits per heavy atom. The number of nitrogens with zero attached hydrogens (tertiary/aromatic N) is 4. The molecule has 14 heteroatoms. The molecule has 0 aromatic carbocycles. The minimum Gasteiger partial charge on any atom is -0.465 e. The summed E-state index contributed by atoms with van der Waals surface area (Å²) in [5, 5.41) is 3.53. The number of piperidine rings is 1. The molecular weight excluding hydrogens is 534 g/mol. The van der Waals surface area contributed by atoms with Crippen LogP contribution in [-0.4, -0.2) is 77.5 Å². The van der Waals surface area contributed by atoms with Crippen LogP contribution in [0, 0.1) is 6.92 Å². The zero-order valence-corrected chi connectivity index (χ0v) is 22.1. The molecule has 4 heterocycles. The number of imidazole rings is 1. The Morgan fingerprint density at radius 1 is 1.33 bits per heavy atom. The number of amides is 1. The Hall–Kier alpha value is -2.67. The number of halogens is 3. The smallest absolute Gasteiger partial charge is 0.350 e. The first-order chi connectivity index (χ1) is 17.2. The maximum Gasteiger partial charge on any atom is 0.350 e. The highest BCUT2D eigenvalue weighted by molar-refractivity contribution is 7.17. The van der Waals surface area contributed by atoms with Gasteiger partial charge in [0.25, 0.3) is 5.91 Å². The van der Waals surface area contributed by atoms with Crippen molar-refractivity contribution >= 4 is 51.5 Å². The number of alkyl halides is 1. The summed E-state index contributed by atoms with van der Waals surface area (Å²) in [5.41, 5.74) is 1.02. The van der Waals surface area contributed by atoms with Crippen LogP contribution in [0.3, 0.4) is 0 Å². The van der Waals surface area contributed by atoms with Gasteiger partial charge in [0, 0.05) is 38.3 Å². The van der Waals surface area contributed by atoms with E-state index in [4.69, 9.17) is 32.7 Å². The maximum absolute atomic E-state index is 15.2. The summed E-state index contributed by atoms with van der Waals surface area (Å²) >= 11 is 13.3. The predicted octanol–water partition coefficient (Wildman–Crippen LogP) is 3.73. The largest absolute Gasteiger partial charge is 0.465 e. The van der Waals surface area contributed by atoms with E-state index in [0.717, 1.165) is 11.3 Å². The van der Waals surface area contributed by atoms with Gasteiger partial charge in [-0.05, 0) is 13.3 Å². The molecule has 2 N–H and O–H groups in total. The van der Waals surface area contributed by atoms with Gasteiger partial charge in [-0.15, -0.1) is 0 Å². The zero-order chi connectivity index (χ0) is 26.0. The molecule has 3 aromatic rings. The Labute approximate surface area is 220 Å². The molecule has 0 bridgehead atoms. The molecule has 0 unspecified atom stereocenters. The minimum atomic E-state index is -1.38. The van der Waals surface area contributed by atoms with E-state index in [2.05, 4.69) is 20.3 Å². The van der Waals surface area contributed by atoms with Crippen LogP contribution in [0.25, 0.3) is 11.5 Å². The summed E-state index contributed by atoms with van der Waals surface area (Å²) in [5.74, 6) is -0.583. The second-order valence-corrected chi connectivity index (χ2v) is 9.92. The van der Waals surface area contributed by atoms with E-state index in [1.165, 1.54) is 7.11 Å². The van der Waals surface area contributed by atoms with E-state index >= 15 is 4.39 Å². The van der Waals surface area contributed by atoms with E-state index in [0.29, 0.717) is 48.5 Å². The minimum absolute atomic E-state index is 0.0190. The third-order valence-corrected chi connectivity index (χ3v) is 7.90. The normalized spacial score (nSPS) is 17.9. The van der Waals surface area contributed by atoms with Crippen LogP contribution in [0.5, 0.6) is 0 Å². The number of methoxy groups -OCH3 is 2. The molecule has 2 atom stereocenters. The average molecular weight is 559 g/mol. The molecule has 1 fully saturated rings. The molecule has 0 spiro atoms. The summed E-state index contributed by atoms with van der Waals surface area (Å²) in [6.07, 6.45) is 2.32. The molecule has 1 saturated heterocycles. The number of nitrogens with one attached hydrogen (secondary N) is 2. The van der Waals surface area contributed by atoms with E-state index in [1.54, 1.807) is 31.3 Å². The van der Waals surface area contributed by atoms with Crippen molar-refractivity contribution in [2.24, 2.45) is 0 Å². The molecule has 1 amide bonds. The molecular formula is C22H25Cl2FN6O4S. The summed E-state index contributed by atoms with van der Waals surface area (Å²) < 4.78 is 27.1. The number of aromatic amines is 1. The summed E-state index contributed by atoms with van der Waals surface area (Å²) in [4.78, 5) is 39.0. The van der Waals surface area contributed by atoms with Crippen molar-refractivity contribution in [3.63, 3.8) is 0 Å². The van der Waals surface area contributed by atoms with Crippen LogP contribution in [0.2, 0.25) is 10.0 Å². The van der Waals surface area contributed by atoms with Gasteiger partial charge in [0.1, 0.15) is 22.4 Å².